The Morgan fingerprint density at radius 1 is 0.966 bits per heavy atom. The van der Waals surface area contributed by atoms with Gasteiger partial charge in [-0.3, -0.25) is 9.59 Å². The maximum absolute atomic E-state index is 12.7. The van der Waals surface area contributed by atoms with Crippen molar-refractivity contribution in [1.29, 1.82) is 0 Å². The summed E-state index contributed by atoms with van der Waals surface area (Å²) in [6.07, 6.45) is 0. The smallest absolute Gasteiger partial charge is 0.339 e. The molecule has 0 unspecified atom stereocenters. The number of esters is 2. The zero-order valence-electron chi connectivity index (χ0n) is 16.6. The minimum absolute atomic E-state index is 0.0000860. The standard InChI is InChI=1S/C21H22N2O6/c1-5-23(15-8-6-7-13(2)11-15)19(25)18(24)22-17-12-14(20(26)28-3)9-10-16(17)21(27)29-4/h6-12H,5H2,1-4H3,(H,22,24). The summed E-state index contributed by atoms with van der Waals surface area (Å²) >= 11 is 0. The summed E-state index contributed by atoms with van der Waals surface area (Å²) in [6.45, 7) is 3.88. The molecule has 0 atom stereocenters. The number of methoxy groups -OCH3 is 2. The van der Waals surface area contributed by atoms with Gasteiger partial charge < -0.3 is 19.7 Å². The van der Waals surface area contributed by atoms with Gasteiger partial charge in [0.1, 0.15) is 0 Å². The number of carbonyl (C=O) groups excluding carboxylic acids is 4. The van der Waals surface area contributed by atoms with Crippen molar-refractivity contribution < 1.29 is 28.7 Å². The van der Waals surface area contributed by atoms with E-state index in [1.807, 2.05) is 13.0 Å². The Morgan fingerprint density at radius 2 is 1.66 bits per heavy atom. The molecule has 0 radical (unpaired) electrons. The van der Waals surface area contributed by atoms with Gasteiger partial charge in [-0.15, -0.1) is 0 Å². The number of hydrogen-bond donors (Lipinski definition) is 1. The van der Waals surface area contributed by atoms with E-state index in [1.165, 1.54) is 37.3 Å². The third-order valence-electron chi connectivity index (χ3n) is 4.16. The number of nitrogens with one attached hydrogen (secondary N) is 1. The molecule has 29 heavy (non-hydrogen) atoms. The second kappa shape index (κ2) is 9.50. The highest BCUT2D eigenvalue weighted by Crippen LogP contribution is 2.21. The first-order valence-electron chi connectivity index (χ1n) is 8.82. The molecule has 0 bridgehead atoms. The van der Waals surface area contributed by atoms with Crippen LogP contribution in [0.1, 0.15) is 33.2 Å². The van der Waals surface area contributed by atoms with E-state index < -0.39 is 23.8 Å². The zero-order valence-corrected chi connectivity index (χ0v) is 16.6. The van der Waals surface area contributed by atoms with Gasteiger partial charge in [0.2, 0.25) is 0 Å². The van der Waals surface area contributed by atoms with Gasteiger partial charge in [0.05, 0.1) is 31.0 Å². The van der Waals surface area contributed by atoms with Crippen molar-refractivity contribution in [3.8, 4) is 0 Å². The van der Waals surface area contributed by atoms with Crippen LogP contribution in [-0.2, 0) is 19.1 Å². The molecule has 0 saturated heterocycles. The quantitative estimate of drug-likeness (QED) is 0.613. The molecule has 0 aromatic heterocycles. The molecule has 8 heteroatoms. The van der Waals surface area contributed by atoms with E-state index >= 15 is 0 Å². The molecule has 0 aliphatic carbocycles. The van der Waals surface area contributed by atoms with Crippen molar-refractivity contribution >= 4 is 35.1 Å². The van der Waals surface area contributed by atoms with Gasteiger partial charge in [-0.2, -0.15) is 0 Å². The van der Waals surface area contributed by atoms with Crippen LogP contribution in [-0.4, -0.2) is 44.5 Å². The monoisotopic (exact) mass is 398 g/mol. The molecule has 0 aliphatic heterocycles. The fourth-order valence-corrected chi connectivity index (χ4v) is 2.72. The molecule has 2 aromatic carbocycles. The van der Waals surface area contributed by atoms with E-state index in [0.29, 0.717) is 5.69 Å². The average molecular weight is 398 g/mol. The van der Waals surface area contributed by atoms with E-state index in [4.69, 9.17) is 4.74 Å². The number of aryl methyl sites for hydroxylation is 1. The maximum atomic E-state index is 12.7. The molecule has 0 saturated carbocycles. The third kappa shape index (κ3) is 4.98. The molecule has 1 N–H and O–H groups in total. The lowest BCUT2D eigenvalue weighted by Gasteiger charge is -2.21. The van der Waals surface area contributed by atoms with Crippen LogP contribution in [0.25, 0.3) is 0 Å². The average Bonchev–Trinajstić information content (AvgIpc) is 2.73. The molecule has 0 heterocycles. The first-order valence-corrected chi connectivity index (χ1v) is 8.82. The van der Waals surface area contributed by atoms with Crippen LogP contribution in [0, 0.1) is 6.92 Å². The number of rotatable bonds is 5. The van der Waals surface area contributed by atoms with Crippen LogP contribution >= 0.6 is 0 Å². The van der Waals surface area contributed by atoms with Gasteiger partial charge >= 0.3 is 23.8 Å². The fourth-order valence-electron chi connectivity index (χ4n) is 2.72. The second-order valence-electron chi connectivity index (χ2n) is 6.09. The van der Waals surface area contributed by atoms with E-state index in [-0.39, 0.29) is 23.4 Å². The highest BCUT2D eigenvalue weighted by atomic mass is 16.5. The number of carbonyl (C=O) groups is 4. The molecule has 0 spiro atoms. The molecule has 2 aromatic rings. The Labute approximate surface area is 168 Å². The lowest BCUT2D eigenvalue weighted by Crippen LogP contribution is -2.40. The van der Waals surface area contributed by atoms with Gasteiger partial charge in [0.15, 0.2) is 0 Å². The number of nitrogens with zero attached hydrogens (tertiary/aromatic N) is 1. The van der Waals surface area contributed by atoms with Crippen LogP contribution in [0.2, 0.25) is 0 Å². The molecule has 0 aliphatic rings. The van der Waals surface area contributed by atoms with Crippen molar-refractivity contribution in [2.75, 3.05) is 31.0 Å². The number of hydrogen-bond acceptors (Lipinski definition) is 6. The first kappa shape index (κ1) is 21.6. The Bertz CT molecular complexity index is 954. The summed E-state index contributed by atoms with van der Waals surface area (Å²) < 4.78 is 9.35. The highest BCUT2D eigenvalue weighted by Gasteiger charge is 2.25. The topological polar surface area (TPSA) is 102 Å². The van der Waals surface area contributed by atoms with Gasteiger partial charge in [0.25, 0.3) is 0 Å². The van der Waals surface area contributed by atoms with Crippen LogP contribution < -0.4 is 10.2 Å². The maximum Gasteiger partial charge on any atom is 0.339 e. The van der Waals surface area contributed by atoms with Crippen LogP contribution in [0.15, 0.2) is 42.5 Å². The Kier molecular flexibility index (Phi) is 7.08. The van der Waals surface area contributed by atoms with E-state index in [0.717, 1.165) is 5.56 Å². The number of likely N-dealkylation sites (N-methyl/N-ethyl adjacent to an activating group) is 1. The lowest BCUT2D eigenvalue weighted by atomic mass is 10.1. The van der Waals surface area contributed by atoms with Crippen molar-refractivity contribution in [1.82, 2.24) is 0 Å². The van der Waals surface area contributed by atoms with Crippen LogP contribution in [0.3, 0.4) is 0 Å². The van der Waals surface area contributed by atoms with E-state index in [2.05, 4.69) is 10.1 Å². The molecular formula is C21H22N2O6. The normalized spacial score (nSPS) is 10.1. The first-order chi connectivity index (χ1) is 13.8. The number of ether oxygens (including phenoxy) is 2. The number of amides is 2. The zero-order chi connectivity index (χ0) is 21.6. The van der Waals surface area contributed by atoms with Crippen molar-refractivity contribution in [3.05, 3.63) is 59.2 Å². The molecule has 2 rings (SSSR count). The summed E-state index contributed by atoms with van der Waals surface area (Å²) in [5.41, 5.74) is 1.59. The third-order valence-corrected chi connectivity index (χ3v) is 4.16. The Hall–Kier alpha value is -3.68. The minimum Gasteiger partial charge on any atom is -0.465 e. The summed E-state index contributed by atoms with van der Waals surface area (Å²) in [5.74, 6) is -3.15. The van der Waals surface area contributed by atoms with Crippen LogP contribution in [0.4, 0.5) is 11.4 Å². The minimum atomic E-state index is -0.958. The van der Waals surface area contributed by atoms with Crippen molar-refractivity contribution in [3.63, 3.8) is 0 Å². The predicted octanol–water partition coefficient (Wildman–Crippen LogP) is 2.56. The van der Waals surface area contributed by atoms with Gasteiger partial charge in [0, 0.05) is 12.2 Å². The molecule has 8 nitrogen and oxygen atoms in total. The second-order valence-corrected chi connectivity index (χ2v) is 6.09. The van der Waals surface area contributed by atoms with E-state index in [9.17, 15) is 19.2 Å². The van der Waals surface area contributed by atoms with Crippen molar-refractivity contribution in [2.45, 2.75) is 13.8 Å². The molecule has 2 amide bonds. The molecule has 152 valence electrons. The summed E-state index contributed by atoms with van der Waals surface area (Å²) in [4.78, 5) is 50.4. The highest BCUT2D eigenvalue weighted by molar-refractivity contribution is 6.44. The van der Waals surface area contributed by atoms with Gasteiger partial charge in [-0.1, -0.05) is 12.1 Å². The largest absolute Gasteiger partial charge is 0.465 e. The number of anilines is 2. The SMILES string of the molecule is CCN(C(=O)C(=O)Nc1cc(C(=O)OC)ccc1C(=O)OC)c1cccc(C)c1. The Balaban J connectivity index is 2.35. The Morgan fingerprint density at radius 3 is 2.24 bits per heavy atom. The summed E-state index contributed by atoms with van der Waals surface area (Å²) in [5, 5.41) is 2.41. The summed E-state index contributed by atoms with van der Waals surface area (Å²) in [7, 11) is 2.39. The van der Waals surface area contributed by atoms with Gasteiger partial charge in [-0.05, 0) is 49.7 Å². The van der Waals surface area contributed by atoms with Crippen molar-refractivity contribution in [2.24, 2.45) is 0 Å². The van der Waals surface area contributed by atoms with E-state index in [1.54, 1.807) is 25.1 Å². The lowest BCUT2D eigenvalue weighted by molar-refractivity contribution is -0.134. The predicted molar refractivity (Wildman–Crippen MR) is 107 cm³/mol. The molecule has 0 fully saturated rings. The summed E-state index contributed by atoms with van der Waals surface area (Å²) in [6, 6.07) is 11.1. The van der Waals surface area contributed by atoms with Crippen LogP contribution in [0.5, 0.6) is 0 Å². The number of benzene rings is 2. The molecular weight excluding hydrogens is 376 g/mol. The van der Waals surface area contributed by atoms with Gasteiger partial charge in [-0.25, -0.2) is 9.59 Å². The fraction of sp³-hybridized carbons (Fsp3) is 0.238.